The van der Waals surface area contributed by atoms with E-state index in [1.54, 1.807) is 42.5 Å². The Morgan fingerprint density at radius 3 is 2.53 bits per heavy atom. The van der Waals surface area contributed by atoms with Crippen LogP contribution in [0.2, 0.25) is 10.0 Å². The van der Waals surface area contributed by atoms with E-state index in [2.05, 4.69) is 14.3 Å². The Kier molecular flexibility index (Phi) is 7.85. The van der Waals surface area contributed by atoms with E-state index in [0.29, 0.717) is 45.7 Å². The number of benzene rings is 1. The standard InChI is InChI=1S/C25H28Cl2FN7O2S/c1-14(22-18(26)9-32-10-19(22)27)37-16-4-5-21(29)17(7-16)23(30)15-6-20(28)24(33-8-15)35-12-25(31,13-35)11-34-38(2,3)36/h4-10,14,30H,11-13,29,31H2,1-3H3/t14-/m1/s1. The van der Waals surface area contributed by atoms with Gasteiger partial charge in [-0.15, -0.1) is 0 Å². The summed E-state index contributed by atoms with van der Waals surface area (Å²) >= 11 is 12.5. The Labute approximate surface area is 231 Å². The molecule has 38 heavy (non-hydrogen) atoms. The second kappa shape index (κ2) is 10.6. The number of rotatable bonds is 8. The molecule has 0 aliphatic carbocycles. The summed E-state index contributed by atoms with van der Waals surface area (Å²) in [5.74, 6) is -0.0437. The van der Waals surface area contributed by atoms with Gasteiger partial charge in [-0.1, -0.05) is 23.2 Å². The molecule has 0 unspecified atom stereocenters. The molecule has 1 fully saturated rings. The highest BCUT2D eigenvalue weighted by Crippen LogP contribution is 2.34. The van der Waals surface area contributed by atoms with Gasteiger partial charge in [0.15, 0.2) is 11.6 Å². The monoisotopic (exact) mass is 579 g/mol. The van der Waals surface area contributed by atoms with E-state index in [9.17, 15) is 4.21 Å². The number of nitrogens with one attached hydrogen (secondary N) is 1. The van der Waals surface area contributed by atoms with Gasteiger partial charge in [-0.25, -0.2) is 13.7 Å². The average Bonchev–Trinajstić information content (AvgIpc) is 2.81. The topological polar surface area (TPSA) is 144 Å². The minimum absolute atomic E-state index is 0.0187. The van der Waals surface area contributed by atoms with E-state index in [-0.39, 0.29) is 23.6 Å². The average molecular weight is 581 g/mol. The Hall–Kier alpha value is -2.99. The van der Waals surface area contributed by atoms with Crippen LogP contribution in [0.15, 0.2) is 47.2 Å². The highest BCUT2D eigenvalue weighted by Gasteiger charge is 2.41. The number of ether oxygens (including phenoxy) is 1. The third-order valence-corrected chi connectivity index (χ3v) is 7.37. The van der Waals surface area contributed by atoms with Crippen LogP contribution in [0.5, 0.6) is 5.75 Å². The first-order valence-electron chi connectivity index (χ1n) is 11.5. The van der Waals surface area contributed by atoms with Crippen molar-refractivity contribution >= 4 is 50.1 Å². The van der Waals surface area contributed by atoms with Gasteiger partial charge in [-0.05, 0) is 31.2 Å². The number of hydrogen-bond donors (Lipinski definition) is 3. The molecule has 4 rings (SSSR count). The van der Waals surface area contributed by atoms with Crippen LogP contribution in [0.1, 0.15) is 29.7 Å². The molecule has 9 nitrogen and oxygen atoms in total. The van der Waals surface area contributed by atoms with Crippen LogP contribution in [-0.2, 0) is 9.73 Å². The summed E-state index contributed by atoms with van der Waals surface area (Å²) in [6, 6.07) is 6.11. The van der Waals surface area contributed by atoms with E-state index in [1.807, 2.05) is 0 Å². The largest absolute Gasteiger partial charge is 0.486 e. The van der Waals surface area contributed by atoms with Gasteiger partial charge in [0.2, 0.25) is 0 Å². The molecular formula is C25H28Cl2FN7O2S. The normalized spacial score (nSPS) is 15.5. The van der Waals surface area contributed by atoms with Crippen molar-refractivity contribution in [2.24, 2.45) is 10.1 Å². The molecule has 5 N–H and O–H groups in total. The summed E-state index contributed by atoms with van der Waals surface area (Å²) in [5.41, 5.74) is 13.2. The number of halogens is 3. The zero-order chi connectivity index (χ0) is 27.8. The second-order valence-corrected chi connectivity index (χ2v) is 13.1. The predicted molar refractivity (Wildman–Crippen MR) is 151 cm³/mol. The quantitative estimate of drug-likeness (QED) is 0.266. The van der Waals surface area contributed by atoms with Crippen molar-refractivity contribution < 1.29 is 13.3 Å². The van der Waals surface area contributed by atoms with Crippen LogP contribution in [0, 0.1) is 11.2 Å². The summed E-state index contributed by atoms with van der Waals surface area (Å²) in [5, 5.41) is 9.41. The molecular weight excluding hydrogens is 552 g/mol. The number of nitrogens with zero attached hydrogens (tertiary/aromatic N) is 4. The molecule has 1 saturated heterocycles. The summed E-state index contributed by atoms with van der Waals surface area (Å²) in [6.07, 6.45) is 6.96. The van der Waals surface area contributed by atoms with Crippen LogP contribution >= 0.6 is 23.2 Å². The molecule has 3 heterocycles. The zero-order valence-electron chi connectivity index (χ0n) is 21.0. The van der Waals surface area contributed by atoms with Crippen molar-refractivity contribution in [3.8, 4) is 5.75 Å². The molecule has 0 bridgehead atoms. The van der Waals surface area contributed by atoms with Crippen molar-refractivity contribution in [3.63, 3.8) is 0 Å². The summed E-state index contributed by atoms with van der Waals surface area (Å²) in [4.78, 5) is 9.88. The zero-order valence-corrected chi connectivity index (χ0v) is 23.4. The van der Waals surface area contributed by atoms with E-state index in [1.165, 1.54) is 24.7 Å². The SMILES string of the molecule is C[C@@H](Oc1ccc(N)c(C(=N)c2cnc(N3CC(N)(CN=S(C)(C)=O)C3)c(F)c2)c1)c1c(Cl)cncc1Cl. The molecule has 1 aromatic carbocycles. The van der Waals surface area contributed by atoms with Crippen LogP contribution < -0.4 is 21.1 Å². The molecule has 202 valence electrons. The number of aromatic nitrogens is 2. The number of hydrogen-bond acceptors (Lipinski definition) is 9. The summed E-state index contributed by atoms with van der Waals surface area (Å²) in [7, 11) is -2.27. The smallest absolute Gasteiger partial charge is 0.166 e. The molecule has 0 radical (unpaired) electrons. The predicted octanol–water partition coefficient (Wildman–Crippen LogP) is 4.31. The number of pyridine rings is 2. The lowest BCUT2D eigenvalue weighted by molar-refractivity contribution is 0.227. The fourth-order valence-electron chi connectivity index (χ4n) is 4.10. The molecule has 13 heteroatoms. The fourth-order valence-corrected chi connectivity index (χ4v) is 5.34. The maximum Gasteiger partial charge on any atom is 0.166 e. The Balaban J connectivity index is 1.50. The molecule has 1 atom stereocenters. The molecule has 1 aliphatic rings. The molecule has 2 aromatic heterocycles. The van der Waals surface area contributed by atoms with E-state index in [0.717, 1.165) is 0 Å². The number of anilines is 2. The molecule has 3 aromatic rings. The van der Waals surface area contributed by atoms with Gasteiger partial charge in [0.1, 0.15) is 11.9 Å². The Morgan fingerprint density at radius 2 is 1.92 bits per heavy atom. The molecule has 1 aliphatic heterocycles. The molecule has 0 saturated carbocycles. The van der Waals surface area contributed by atoms with Crippen molar-refractivity contribution in [1.29, 1.82) is 5.41 Å². The summed E-state index contributed by atoms with van der Waals surface area (Å²) < 4.78 is 37.0. The maximum absolute atomic E-state index is 15.0. The maximum atomic E-state index is 15.0. The third-order valence-electron chi connectivity index (χ3n) is 6.02. The van der Waals surface area contributed by atoms with Crippen LogP contribution in [0.25, 0.3) is 0 Å². The first-order valence-corrected chi connectivity index (χ1v) is 14.6. The highest BCUT2D eigenvalue weighted by molar-refractivity contribution is 7.92. The molecule has 0 amide bonds. The second-order valence-electron chi connectivity index (χ2n) is 9.62. The van der Waals surface area contributed by atoms with Gasteiger partial charge in [0, 0.05) is 76.3 Å². The van der Waals surface area contributed by atoms with Crippen LogP contribution in [0.3, 0.4) is 0 Å². The minimum Gasteiger partial charge on any atom is -0.486 e. The lowest BCUT2D eigenvalue weighted by atomic mass is 9.91. The van der Waals surface area contributed by atoms with E-state index in [4.69, 9.17) is 44.8 Å². The van der Waals surface area contributed by atoms with E-state index < -0.39 is 27.2 Å². The lowest BCUT2D eigenvalue weighted by Crippen LogP contribution is -2.69. The Bertz CT molecular complexity index is 1490. The third kappa shape index (κ3) is 6.17. The summed E-state index contributed by atoms with van der Waals surface area (Å²) in [6.45, 7) is 2.65. The van der Waals surface area contributed by atoms with Crippen molar-refractivity contribution in [1.82, 2.24) is 9.97 Å². The molecule has 0 spiro atoms. The number of nitrogens with two attached hydrogens (primary N) is 2. The van der Waals surface area contributed by atoms with Crippen molar-refractivity contribution in [3.05, 3.63) is 75.4 Å². The van der Waals surface area contributed by atoms with Gasteiger partial charge >= 0.3 is 0 Å². The first-order chi connectivity index (χ1) is 17.8. The van der Waals surface area contributed by atoms with Gasteiger partial charge in [0.25, 0.3) is 0 Å². The van der Waals surface area contributed by atoms with Gasteiger partial charge < -0.3 is 21.1 Å². The fraction of sp³-hybridized carbons (Fsp3) is 0.320. The highest BCUT2D eigenvalue weighted by atomic mass is 35.5. The van der Waals surface area contributed by atoms with Crippen LogP contribution in [-0.4, -0.2) is 57.6 Å². The lowest BCUT2D eigenvalue weighted by Gasteiger charge is -2.47. The van der Waals surface area contributed by atoms with Crippen LogP contribution in [0.4, 0.5) is 15.9 Å². The Morgan fingerprint density at radius 1 is 1.26 bits per heavy atom. The van der Waals surface area contributed by atoms with Gasteiger partial charge in [0.05, 0.1) is 27.8 Å². The van der Waals surface area contributed by atoms with Gasteiger partial charge in [-0.3, -0.25) is 14.6 Å². The van der Waals surface area contributed by atoms with Crippen molar-refractivity contribution in [2.75, 3.05) is 42.8 Å². The van der Waals surface area contributed by atoms with E-state index >= 15 is 4.39 Å². The van der Waals surface area contributed by atoms with Gasteiger partial charge in [-0.2, -0.15) is 0 Å². The minimum atomic E-state index is -2.27. The number of nitrogen functional groups attached to an aromatic ring is 1. The van der Waals surface area contributed by atoms with Crippen molar-refractivity contribution in [2.45, 2.75) is 18.6 Å². The first kappa shape index (κ1) is 28.0.